The molecule has 0 spiro atoms. The first-order chi connectivity index (χ1) is 8.61. The minimum absolute atomic E-state index is 0.291. The molecule has 0 heterocycles. The topological polar surface area (TPSA) is 38.0 Å². The van der Waals surface area contributed by atoms with Crippen LogP contribution in [0.5, 0.6) is 0 Å². The molecule has 0 radical (unpaired) electrons. The molecule has 0 bridgehead atoms. The van der Waals surface area contributed by atoms with Crippen molar-refractivity contribution in [2.24, 2.45) is 17.7 Å². The van der Waals surface area contributed by atoms with Gasteiger partial charge in [0.05, 0.1) is 0 Å². The average molecular weight is 311 g/mol. The van der Waals surface area contributed by atoms with Crippen molar-refractivity contribution >= 4 is 15.9 Å². The first-order valence-electron chi connectivity index (χ1n) is 6.84. The van der Waals surface area contributed by atoms with Crippen LogP contribution < -0.4 is 11.3 Å². The molecule has 3 N–H and O–H groups in total. The Morgan fingerprint density at radius 2 is 2.17 bits per heavy atom. The summed E-state index contributed by atoms with van der Waals surface area (Å²) in [5, 5.41) is 0. The van der Waals surface area contributed by atoms with Crippen molar-refractivity contribution in [2.75, 3.05) is 0 Å². The molecule has 0 saturated heterocycles. The SMILES string of the molecule is Cc1cc(C(NN)C2CCCC(C)C2)ccc1Br. The van der Waals surface area contributed by atoms with Gasteiger partial charge in [0.25, 0.3) is 0 Å². The lowest BCUT2D eigenvalue weighted by molar-refractivity contribution is 0.224. The summed E-state index contributed by atoms with van der Waals surface area (Å²) in [6.07, 6.45) is 5.27. The molecule has 2 rings (SSSR count). The molecule has 100 valence electrons. The summed E-state index contributed by atoms with van der Waals surface area (Å²) < 4.78 is 1.17. The van der Waals surface area contributed by atoms with Gasteiger partial charge in [0.15, 0.2) is 0 Å². The maximum Gasteiger partial charge on any atom is 0.0488 e. The number of hydrogen-bond donors (Lipinski definition) is 2. The number of aryl methyl sites for hydroxylation is 1. The Balaban J connectivity index is 2.18. The Morgan fingerprint density at radius 3 is 2.78 bits per heavy atom. The second kappa shape index (κ2) is 6.18. The number of halogens is 1. The molecular formula is C15H23BrN2. The summed E-state index contributed by atoms with van der Waals surface area (Å²) in [6, 6.07) is 6.84. The van der Waals surface area contributed by atoms with E-state index < -0.39 is 0 Å². The van der Waals surface area contributed by atoms with E-state index in [-0.39, 0.29) is 0 Å². The Labute approximate surface area is 118 Å². The second-order valence-corrected chi connectivity index (χ2v) is 6.54. The van der Waals surface area contributed by atoms with E-state index in [1.54, 1.807) is 0 Å². The smallest absolute Gasteiger partial charge is 0.0488 e. The molecular weight excluding hydrogens is 288 g/mol. The van der Waals surface area contributed by atoms with Crippen molar-refractivity contribution < 1.29 is 0 Å². The number of benzene rings is 1. The maximum atomic E-state index is 5.81. The van der Waals surface area contributed by atoms with Crippen molar-refractivity contribution in [1.82, 2.24) is 5.43 Å². The standard InChI is InChI=1S/C15H23BrN2/c1-10-4-3-5-12(8-10)15(18-17)13-6-7-14(16)11(2)9-13/h6-7,9-10,12,15,18H,3-5,8,17H2,1-2H3. The van der Waals surface area contributed by atoms with Crippen LogP contribution in [0.25, 0.3) is 0 Å². The highest BCUT2D eigenvalue weighted by Gasteiger charge is 2.27. The van der Waals surface area contributed by atoms with E-state index in [4.69, 9.17) is 5.84 Å². The third-order valence-electron chi connectivity index (χ3n) is 4.17. The van der Waals surface area contributed by atoms with Crippen LogP contribution in [0.3, 0.4) is 0 Å². The minimum Gasteiger partial charge on any atom is -0.271 e. The third kappa shape index (κ3) is 3.14. The van der Waals surface area contributed by atoms with Gasteiger partial charge in [-0.1, -0.05) is 47.8 Å². The Kier molecular flexibility index (Phi) is 4.82. The Bertz CT molecular complexity index is 405. The summed E-state index contributed by atoms with van der Waals surface area (Å²) in [5.74, 6) is 7.30. The van der Waals surface area contributed by atoms with E-state index in [0.717, 1.165) is 5.92 Å². The molecule has 0 aliphatic heterocycles. The Morgan fingerprint density at radius 1 is 1.39 bits per heavy atom. The second-order valence-electron chi connectivity index (χ2n) is 5.68. The lowest BCUT2D eigenvalue weighted by atomic mass is 9.77. The summed E-state index contributed by atoms with van der Waals surface area (Å²) in [5.41, 5.74) is 5.63. The molecule has 1 aliphatic rings. The van der Waals surface area contributed by atoms with Crippen LogP contribution in [0.15, 0.2) is 22.7 Å². The van der Waals surface area contributed by atoms with Crippen molar-refractivity contribution in [2.45, 2.75) is 45.6 Å². The van der Waals surface area contributed by atoms with Crippen LogP contribution in [0, 0.1) is 18.8 Å². The number of nitrogens with two attached hydrogens (primary N) is 1. The van der Waals surface area contributed by atoms with Gasteiger partial charge in [-0.2, -0.15) is 0 Å². The monoisotopic (exact) mass is 310 g/mol. The zero-order valence-corrected chi connectivity index (χ0v) is 12.8. The van der Waals surface area contributed by atoms with E-state index in [1.165, 1.54) is 41.3 Å². The zero-order chi connectivity index (χ0) is 13.1. The lowest BCUT2D eigenvalue weighted by Gasteiger charge is -2.33. The van der Waals surface area contributed by atoms with Crippen LogP contribution >= 0.6 is 15.9 Å². The molecule has 18 heavy (non-hydrogen) atoms. The molecule has 2 nitrogen and oxygen atoms in total. The average Bonchev–Trinajstić information content (AvgIpc) is 2.35. The summed E-state index contributed by atoms with van der Waals surface area (Å²) in [7, 11) is 0. The molecule has 3 unspecified atom stereocenters. The van der Waals surface area contributed by atoms with Crippen molar-refractivity contribution in [3.8, 4) is 0 Å². The van der Waals surface area contributed by atoms with E-state index in [0.29, 0.717) is 12.0 Å². The van der Waals surface area contributed by atoms with Gasteiger partial charge in [-0.15, -0.1) is 0 Å². The summed E-state index contributed by atoms with van der Waals surface area (Å²) in [6.45, 7) is 4.48. The largest absolute Gasteiger partial charge is 0.271 e. The Hall–Kier alpha value is -0.380. The van der Waals surface area contributed by atoms with Crippen molar-refractivity contribution in [3.63, 3.8) is 0 Å². The molecule has 1 fully saturated rings. The van der Waals surface area contributed by atoms with Gasteiger partial charge < -0.3 is 0 Å². The number of rotatable bonds is 3. The quantitative estimate of drug-likeness (QED) is 0.652. The van der Waals surface area contributed by atoms with Gasteiger partial charge in [0, 0.05) is 10.5 Å². The molecule has 0 amide bonds. The van der Waals surface area contributed by atoms with Gasteiger partial charge in [0.2, 0.25) is 0 Å². The van der Waals surface area contributed by atoms with Gasteiger partial charge in [0.1, 0.15) is 0 Å². The van der Waals surface area contributed by atoms with Crippen molar-refractivity contribution in [1.29, 1.82) is 0 Å². The normalized spacial score (nSPS) is 26.0. The van der Waals surface area contributed by atoms with E-state index in [2.05, 4.69) is 53.4 Å². The molecule has 3 heteroatoms. The number of hydrogen-bond acceptors (Lipinski definition) is 2. The fourth-order valence-corrected chi connectivity index (χ4v) is 3.40. The summed E-state index contributed by atoms with van der Waals surface area (Å²) in [4.78, 5) is 0. The molecule has 3 atom stereocenters. The van der Waals surface area contributed by atoms with Crippen LogP contribution in [-0.4, -0.2) is 0 Å². The summed E-state index contributed by atoms with van der Waals surface area (Å²) >= 11 is 3.55. The predicted molar refractivity (Wildman–Crippen MR) is 80.1 cm³/mol. The highest BCUT2D eigenvalue weighted by molar-refractivity contribution is 9.10. The van der Waals surface area contributed by atoms with Crippen LogP contribution in [0.1, 0.15) is 49.8 Å². The highest BCUT2D eigenvalue weighted by Crippen LogP contribution is 2.37. The van der Waals surface area contributed by atoms with E-state index in [1.807, 2.05) is 0 Å². The van der Waals surface area contributed by atoms with Gasteiger partial charge >= 0.3 is 0 Å². The van der Waals surface area contributed by atoms with Crippen LogP contribution in [0.4, 0.5) is 0 Å². The molecule has 0 aromatic heterocycles. The molecule has 1 aliphatic carbocycles. The fourth-order valence-electron chi connectivity index (χ4n) is 3.15. The van der Waals surface area contributed by atoms with E-state index >= 15 is 0 Å². The first kappa shape index (κ1) is 14.0. The molecule has 1 aromatic rings. The van der Waals surface area contributed by atoms with Gasteiger partial charge in [-0.25, -0.2) is 0 Å². The first-order valence-corrected chi connectivity index (χ1v) is 7.63. The maximum absolute atomic E-state index is 5.81. The molecule has 1 aromatic carbocycles. The highest BCUT2D eigenvalue weighted by atomic mass is 79.9. The van der Waals surface area contributed by atoms with Gasteiger partial charge in [-0.05, 0) is 48.8 Å². The van der Waals surface area contributed by atoms with Crippen molar-refractivity contribution in [3.05, 3.63) is 33.8 Å². The van der Waals surface area contributed by atoms with Gasteiger partial charge in [-0.3, -0.25) is 11.3 Å². The minimum atomic E-state index is 0.291. The predicted octanol–water partition coefficient (Wildman–Crippen LogP) is 4.09. The van der Waals surface area contributed by atoms with Crippen LogP contribution in [-0.2, 0) is 0 Å². The number of hydrazine groups is 1. The zero-order valence-electron chi connectivity index (χ0n) is 11.2. The van der Waals surface area contributed by atoms with Crippen LogP contribution in [0.2, 0.25) is 0 Å². The number of nitrogens with one attached hydrogen (secondary N) is 1. The lowest BCUT2D eigenvalue weighted by Crippen LogP contribution is -2.35. The van der Waals surface area contributed by atoms with E-state index in [9.17, 15) is 0 Å². The fraction of sp³-hybridized carbons (Fsp3) is 0.600. The third-order valence-corrected chi connectivity index (χ3v) is 5.06. The molecule has 1 saturated carbocycles.